The van der Waals surface area contributed by atoms with Gasteiger partial charge in [0.15, 0.2) is 17.0 Å². The van der Waals surface area contributed by atoms with Crippen molar-refractivity contribution in [3.8, 4) is 27.9 Å². The highest BCUT2D eigenvalue weighted by atomic mass is 16.3. The molecule has 1 atom stereocenters. The molecule has 1 aliphatic heterocycles. The maximum absolute atomic E-state index is 6.90. The predicted molar refractivity (Wildman–Crippen MR) is 264 cm³/mol. The van der Waals surface area contributed by atoms with Crippen LogP contribution in [0.25, 0.3) is 93.2 Å². The SMILES string of the molecule is c1ccc(C2=NC(c3ccc(-c4ccc(-n5c6ccccc6c6c7ccccc7ccc65)c5oc6cnccc6c45)c4ccccc34)NC(c3ccc(-c4ccccc4)cc3)=N2)cc1. The molecule has 300 valence electrons. The summed E-state index contributed by atoms with van der Waals surface area (Å²) in [6.07, 6.45) is 3.28. The minimum atomic E-state index is -0.398. The van der Waals surface area contributed by atoms with Crippen LogP contribution >= 0.6 is 0 Å². The Morgan fingerprint density at radius 1 is 0.469 bits per heavy atom. The highest BCUT2D eigenvalue weighted by molar-refractivity contribution is 6.23. The zero-order valence-electron chi connectivity index (χ0n) is 34.5. The maximum Gasteiger partial charge on any atom is 0.160 e. The van der Waals surface area contributed by atoms with Crippen LogP contribution in [0.3, 0.4) is 0 Å². The number of amidine groups is 2. The van der Waals surface area contributed by atoms with Crippen molar-refractivity contribution in [3.05, 3.63) is 229 Å². The van der Waals surface area contributed by atoms with Crippen LogP contribution < -0.4 is 5.32 Å². The molecule has 1 aliphatic rings. The number of aliphatic imine (C=N–C) groups is 2. The fraction of sp³-hybridized carbons (Fsp3) is 0.0172. The van der Waals surface area contributed by atoms with E-state index in [2.05, 4.69) is 191 Å². The zero-order valence-corrected chi connectivity index (χ0v) is 34.5. The highest BCUT2D eigenvalue weighted by Gasteiger charge is 2.26. The second kappa shape index (κ2) is 14.5. The lowest BCUT2D eigenvalue weighted by Crippen LogP contribution is -2.33. The quantitative estimate of drug-likeness (QED) is 0.182. The fourth-order valence-electron chi connectivity index (χ4n) is 9.84. The van der Waals surface area contributed by atoms with Crippen LogP contribution in [0.15, 0.2) is 227 Å². The number of para-hydroxylation sites is 1. The van der Waals surface area contributed by atoms with Gasteiger partial charge in [0.2, 0.25) is 0 Å². The molecule has 0 bridgehead atoms. The molecule has 0 amide bonds. The summed E-state index contributed by atoms with van der Waals surface area (Å²) in [6, 6.07) is 70.8. The Hall–Kier alpha value is -8.61. The van der Waals surface area contributed by atoms with Crippen LogP contribution in [0, 0.1) is 0 Å². The summed E-state index contributed by atoms with van der Waals surface area (Å²) < 4.78 is 9.27. The van der Waals surface area contributed by atoms with Gasteiger partial charge in [0, 0.05) is 44.4 Å². The van der Waals surface area contributed by atoms with Gasteiger partial charge in [0.1, 0.15) is 12.0 Å². The summed E-state index contributed by atoms with van der Waals surface area (Å²) in [6.45, 7) is 0. The lowest BCUT2D eigenvalue weighted by atomic mass is 9.91. The standard InChI is InChI=1S/C58H37N5O/c1-3-13-36(14-4-1)37-23-25-40(26-24-37)57-60-56(39-16-5-2-6-17-39)61-58(62-57)46-29-28-44(42-19-9-10-20-43(42)46)45-30-32-51(55-54(45)48-33-34-59-35-52(48)64-55)63-49-22-12-11-21-47(49)53-41-18-8-7-15-38(41)27-31-50(53)63/h1-35,58H,(H,60,61,62). The zero-order chi connectivity index (χ0) is 42.1. The molecule has 9 aromatic carbocycles. The van der Waals surface area contributed by atoms with Crippen molar-refractivity contribution < 1.29 is 4.42 Å². The van der Waals surface area contributed by atoms with Gasteiger partial charge in [0.25, 0.3) is 0 Å². The van der Waals surface area contributed by atoms with E-state index in [1.54, 1.807) is 0 Å². The van der Waals surface area contributed by atoms with Crippen molar-refractivity contribution in [2.75, 3.05) is 0 Å². The number of furan rings is 1. The van der Waals surface area contributed by atoms with Gasteiger partial charge in [-0.25, -0.2) is 9.98 Å². The van der Waals surface area contributed by atoms with Crippen molar-refractivity contribution in [1.82, 2.24) is 14.9 Å². The van der Waals surface area contributed by atoms with E-state index in [0.717, 1.165) is 88.6 Å². The maximum atomic E-state index is 6.90. The van der Waals surface area contributed by atoms with Gasteiger partial charge in [-0.3, -0.25) is 4.98 Å². The number of nitrogens with zero attached hydrogens (tertiary/aromatic N) is 4. The molecule has 0 radical (unpaired) electrons. The summed E-state index contributed by atoms with van der Waals surface area (Å²) in [5.74, 6) is 1.47. The molecule has 13 rings (SSSR count). The van der Waals surface area contributed by atoms with E-state index in [1.807, 2.05) is 36.7 Å². The molecule has 12 aromatic rings. The molecule has 64 heavy (non-hydrogen) atoms. The first-order valence-corrected chi connectivity index (χ1v) is 21.6. The van der Waals surface area contributed by atoms with Crippen molar-refractivity contribution >= 4 is 77.0 Å². The molecule has 0 aliphatic carbocycles. The molecular weight excluding hydrogens is 783 g/mol. The van der Waals surface area contributed by atoms with Crippen molar-refractivity contribution in [2.45, 2.75) is 6.17 Å². The van der Waals surface area contributed by atoms with Gasteiger partial charge < -0.3 is 14.3 Å². The van der Waals surface area contributed by atoms with Gasteiger partial charge in [-0.2, -0.15) is 0 Å². The number of aromatic nitrogens is 2. The van der Waals surface area contributed by atoms with Crippen molar-refractivity contribution in [3.63, 3.8) is 0 Å². The molecule has 3 aromatic heterocycles. The van der Waals surface area contributed by atoms with Crippen molar-refractivity contribution in [2.24, 2.45) is 9.98 Å². The second-order valence-corrected chi connectivity index (χ2v) is 16.4. The topological polar surface area (TPSA) is 67.7 Å². The lowest BCUT2D eigenvalue weighted by Gasteiger charge is -2.25. The summed E-state index contributed by atoms with van der Waals surface area (Å²) in [7, 11) is 0. The van der Waals surface area contributed by atoms with Crippen LogP contribution in [0.5, 0.6) is 0 Å². The summed E-state index contributed by atoms with van der Waals surface area (Å²) in [4.78, 5) is 14.9. The number of hydrogen-bond acceptors (Lipinski definition) is 5. The number of fused-ring (bicyclic) bond motifs is 9. The normalized spacial score (nSPS) is 14.1. The van der Waals surface area contributed by atoms with E-state index < -0.39 is 6.17 Å². The van der Waals surface area contributed by atoms with E-state index >= 15 is 0 Å². The number of benzene rings is 9. The third kappa shape index (κ3) is 5.70. The van der Waals surface area contributed by atoms with Gasteiger partial charge in [-0.15, -0.1) is 0 Å². The van der Waals surface area contributed by atoms with Crippen LogP contribution in [0.2, 0.25) is 0 Å². The minimum absolute atomic E-state index is 0.398. The first kappa shape index (κ1) is 36.1. The largest absolute Gasteiger partial charge is 0.452 e. The Labute approximate surface area is 368 Å². The van der Waals surface area contributed by atoms with E-state index in [-0.39, 0.29) is 0 Å². The number of pyridine rings is 1. The molecule has 0 saturated heterocycles. The Kier molecular flexibility index (Phi) is 8.18. The van der Waals surface area contributed by atoms with Gasteiger partial charge >= 0.3 is 0 Å². The second-order valence-electron chi connectivity index (χ2n) is 16.4. The number of nitrogens with one attached hydrogen (secondary N) is 1. The van der Waals surface area contributed by atoms with Gasteiger partial charge in [-0.1, -0.05) is 176 Å². The smallest absolute Gasteiger partial charge is 0.160 e. The summed E-state index contributed by atoms with van der Waals surface area (Å²) in [5, 5.41) is 12.9. The monoisotopic (exact) mass is 819 g/mol. The van der Waals surface area contributed by atoms with Crippen molar-refractivity contribution in [1.29, 1.82) is 0 Å². The molecule has 0 fully saturated rings. The molecule has 6 heteroatoms. The Balaban J connectivity index is 0.978. The minimum Gasteiger partial charge on any atom is -0.452 e. The molecular formula is C58H37N5O. The van der Waals surface area contributed by atoms with Crippen LogP contribution in [-0.4, -0.2) is 21.2 Å². The first-order valence-electron chi connectivity index (χ1n) is 21.6. The average Bonchev–Trinajstić information content (AvgIpc) is 3.93. The van der Waals surface area contributed by atoms with E-state index in [9.17, 15) is 0 Å². The number of rotatable bonds is 6. The van der Waals surface area contributed by atoms with E-state index in [4.69, 9.17) is 14.4 Å². The molecule has 1 N–H and O–H groups in total. The molecule has 0 saturated carbocycles. The first-order chi connectivity index (χ1) is 31.7. The lowest BCUT2D eigenvalue weighted by molar-refractivity contribution is 0.664. The molecule has 0 spiro atoms. The highest BCUT2D eigenvalue weighted by Crippen LogP contribution is 2.45. The fourth-order valence-corrected chi connectivity index (χ4v) is 9.84. The number of hydrogen-bond donors (Lipinski definition) is 1. The third-order valence-electron chi connectivity index (χ3n) is 12.8. The molecule has 1 unspecified atom stereocenters. The van der Waals surface area contributed by atoms with Crippen LogP contribution in [0.1, 0.15) is 22.9 Å². The summed E-state index contributed by atoms with van der Waals surface area (Å²) >= 11 is 0. The van der Waals surface area contributed by atoms with Gasteiger partial charge in [0.05, 0.1) is 22.9 Å². The van der Waals surface area contributed by atoms with E-state index in [0.29, 0.717) is 5.84 Å². The van der Waals surface area contributed by atoms with E-state index in [1.165, 1.54) is 27.1 Å². The third-order valence-corrected chi connectivity index (χ3v) is 12.8. The molecule has 6 nitrogen and oxygen atoms in total. The average molecular weight is 820 g/mol. The summed E-state index contributed by atoms with van der Waals surface area (Å²) in [5.41, 5.74) is 12.4. The predicted octanol–water partition coefficient (Wildman–Crippen LogP) is 14.2. The Bertz CT molecular complexity index is 3860. The van der Waals surface area contributed by atoms with Crippen LogP contribution in [-0.2, 0) is 0 Å². The molecule has 4 heterocycles. The van der Waals surface area contributed by atoms with Crippen LogP contribution in [0.4, 0.5) is 0 Å². The Morgan fingerprint density at radius 2 is 1.14 bits per heavy atom. The Morgan fingerprint density at radius 3 is 1.97 bits per heavy atom. The van der Waals surface area contributed by atoms with Gasteiger partial charge in [-0.05, 0) is 68.1 Å².